The van der Waals surface area contributed by atoms with Gasteiger partial charge in [-0.05, 0) is 18.1 Å². The van der Waals surface area contributed by atoms with Crippen LogP contribution in [-0.2, 0) is 16.1 Å². The molecule has 5 heteroatoms. The first-order chi connectivity index (χ1) is 8.74. The minimum Gasteiger partial charge on any atom is -0.385 e. The summed E-state index contributed by atoms with van der Waals surface area (Å²) in [4.78, 5) is 11.4. The molecule has 1 amide bonds. The van der Waals surface area contributed by atoms with Crippen molar-refractivity contribution in [2.24, 2.45) is 0 Å². The van der Waals surface area contributed by atoms with E-state index >= 15 is 0 Å². The number of hydrogen-bond acceptors (Lipinski definition) is 3. The minimum atomic E-state index is -0.0156. The molecule has 1 aromatic carbocycles. The van der Waals surface area contributed by atoms with E-state index in [9.17, 15) is 4.79 Å². The average Bonchev–Trinajstić information content (AvgIpc) is 2.37. The third-order valence-electron chi connectivity index (χ3n) is 2.41. The van der Waals surface area contributed by atoms with Crippen LogP contribution in [-0.4, -0.2) is 32.7 Å². The highest BCUT2D eigenvalue weighted by Gasteiger charge is 2.01. The first kappa shape index (κ1) is 15.0. The maximum atomic E-state index is 11.4. The highest BCUT2D eigenvalue weighted by molar-refractivity contribution is 6.31. The molecule has 0 spiro atoms. The molecule has 0 saturated heterocycles. The molecule has 0 radical (unpaired) electrons. The zero-order valence-corrected chi connectivity index (χ0v) is 11.3. The molecular formula is C13H19ClN2O2. The predicted octanol–water partition coefficient (Wildman–Crippen LogP) is 1.58. The Kier molecular flexibility index (Phi) is 7.41. The monoisotopic (exact) mass is 270 g/mol. The highest BCUT2D eigenvalue weighted by atomic mass is 35.5. The van der Waals surface area contributed by atoms with Gasteiger partial charge in [-0.25, -0.2) is 0 Å². The van der Waals surface area contributed by atoms with E-state index in [0.717, 1.165) is 12.0 Å². The Hall–Kier alpha value is -1.10. The van der Waals surface area contributed by atoms with Gasteiger partial charge in [0.2, 0.25) is 5.91 Å². The number of hydrogen-bond donors (Lipinski definition) is 2. The lowest BCUT2D eigenvalue weighted by molar-refractivity contribution is -0.120. The van der Waals surface area contributed by atoms with Crippen molar-refractivity contribution in [3.8, 4) is 0 Å². The number of methoxy groups -OCH3 is 1. The molecule has 4 nitrogen and oxygen atoms in total. The maximum absolute atomic E-state index is 11.4. The van der Waals surface area contributed by atoms with Gasteiger partial charge in [-0.3, -0.25) is 4.79 Å². The fraction of sp³-hybridized carbons (Fsp3) is 0.462. The molecule has 0 aliphatic heterocycles. The number of halogens is 1. The van der Waals surface area contributed by atoms with Crippen molar-refractivity contribution in [1.82, 2.24) is 10.6 Å². The van der Waals surface area contributed by atoms with Crippen LogP contribution in [0.2, 0.25) is 5.02 Å². The van der Waals surface area contributed by atoms with E-state index in [0.29, 0.717) is 24.7 Å². The molecule has 2 N–H and O–H groups in total. The fourth-order valence-electron chi connectivity index (χ4n) is 1.46. The third-order valence-corrected chi connectivity index (χ3v) is 2.77. The van der Waals surface area contributed by atoms with Gasteiger partial charge in [-0.15, -0.1) is 0 Å². The Morgan fingerprint density at radius 3 is 2.89 bits per heavy atom. The van der Waals surface area contributed by atoms with Gasteiger partial charge in [0.15, 0.2) is 0 Å². The summed E-state index contributed by atoms with van der Waals surface area (Å²) < 4.78 is 4.89. The summed E-state index contributed by atoms with van der Waals surface area (Å²) in [6, 6.07) is 7.58. The summed E-state index contributed by atoms with van der Waals surface area (Å²) in [5, 5.41) is 6.57. The van der Waals surface area contributed by atoms with Crippen LogP contribution in [0.25, 0.3) is 0 Å². The number of amides is 1. The Balaban J connectivity index is 2.14. The zero-order chi connectivity index (χ0) is 13.2. The normalized spacial score (nSPS) is 10.3. The van der Waals surface area contributed by atoms with E-state index in [-0.39, 0.29) is 12.5 Å². The number of carbonyl (C=O) groups excluding carboxylic acids is 1. The predicted molar refractivity (Wildman–Crippen MR) is 72.7 cm³/mol. The van der Waals surface area contributed by atoms with E-state index in [2.05, 4.69) is 10.6 Å². The number of ether oxygens (including phenoxy) is 1. The summed E-state index contributed by atoms with van der Waals surface area (Å²) >= 11 is 6.00. The molecule has 0 aromatic heterocycles. The second kappa shape index (κ2) is 8.91. The van der Waals surface area contributed by atoms with Crippen LogP contribution in [0.5, 0.6) is 0 Å². The topological polar surface area (TPSA) is 50.4 Å². The van der Waals surface area contributed by atoms with E-state index in [1.807, 2.05) is 24.3 Å². The van der Waals surface area contributed by atoms with E-state index in [1.54, 1.807) is 7.11 Å². The lowest BCUT2D eigenvalue weighted by atomic mass is 10.2. The number of carbonyl (C=O) groups is 1. The van der Waals surface area contributed by atoms with Crippen molar-refractivity contribution in [3.63, 3.8) is 0 Å². The van der Waals surface area contributed by atoms with Crippen LogP contribution >= 0.6 is 11.6 Å². The fourth-order valence-corrected chi connectivity index (χ4v) is 1.66. The van der Waals surface area contributed by atoms with Gasteiger partial charge in [0.25, 0.3) is 0 Å². The summed E-state index contributed by atoms with van der Waals surface area (Å²) in [5.41, 5.74) is 0.992. The summed E-state index contributed by atoms with van der Waals surface area (Å²) in [7, 11) is 1.65. The van der Waals surface area contributed by atoms with E-state index in [1.165, 1.54) is 0 Å². The second-order valence-electron chi connectivity index (χ2n) is 3.89. The largest absolute Gasteiger partial charge is 0.385 e. The molecule has 0 fully saturated rings. The Morgan fingerprint density at radius 1 is 1.39 bits per heavy atom. The smallest absolute Gasteiger partial charge is 0.233 e. The van der Waals surface area contributed by atoms with Gasteiger partial charge in [-0.1, -0.05) is 29.8 Å². The molecule has 0 saturated carbocycles. The minimum absolute atomic E-state index is 0.0156. The molecule has 1 rings (SSSR count). The molecule has 0 unspecified atom stereocenters. The van der Waals surface area contributed by atoms with Gasteiger partial charge < -0.3 is 15.4 Å². The Bertz CT molecular complexity index is 372. The number of rotatable bonds is 8. The molecule has 1 aromatic rings. The van der Waals surface area contributed by atoms with Crippen LogP contribution in [0.15, 0.2) is 24.3 Å². The number of benzene rings is 1. The average molecular weight is 271 g/mol. The van der Waals surface area contributed by atoms with Crippen LogP contribution in [0.3, 0.4) is 0 Å². The molecular weight excluding hydrogens is 252 g/mol. The van der Waals surface area contributed by atoms with Crippen molar-refractivity contribution in [2.45, 2.75) is 13.0 Å². The highest BCUT2D eigenvalue weighted by Crippen LogP contribution is 2.13. The first-order valence-electron chi connectivity index (χ1n) is 5.94. The molecule has 0 bridgehead atoms. The van der Waals surface area contributed by atoms with Gasteiger partial charge in [-0.2, -0.15) is 0 Å². The maximum Gasteiger partial charge on any atom is 0.233 e. The van der Waals surface area contributed by atoms with Crippen LogP contribution in [0, 0.1) is 0 Å². The third kappa shape index (κ3) is 6.00. The van der Waals surface area contributed by atoms with Crippen LogP contribution in [0.4, 0.5) is 0 Å². The van der Waals surface area contributed by atoms with E-state index < -0.39 is 0 Å². The van der Waals surface area contributed by atoms with Crippen molar-refractivity contribution in [2.75, 3.05) is 26.8 Å². The molecule has 0 atom stereocenters. The SMILES string of the molecule is COCCCNC(=O)CNCc1ccccc1Cl. The van der Waals surface area contributed by atoms with Crippen molar-refractivity contribution < 1.29 is 9.53 Å². The van der Waals surface area contributed by atoms with Crippen LogP contribution in [0.1, 0.15) is 12.0 Å². The summed E-state index contributed by atoms with van der Waals surface area (Å²) in [6.45, 7) is 2.18. The second-order valence-corrected chi connectivity index (χ2v) is 4.30. The molecule has 0 aliphatic carbocycles. The van der Waals surface area contributed by atoms with Crippen molar-refractivity contribution in [1.29, 1.82) is 0 Å². The number of nitrogens with one attached hydrogen (secondary N) is 2. The van der Waals surface area contributed by atoms with Gasteiger partial charge in [0, 0.05) is 31.8 Å². The van der Waals surface area contributed by atoms with E-state index in [4.69, 9.17) is 16.3 Å². The first-order valence-corrected chi connectivity index (χ1v) is 6.31. The van der Waals surface area contributed by atoms with Crippen LogP contribution < -0.4 is 10.6 Å². The molecule has 0 heterocycles. The van der Waals surface area contributed by atoms with Gasteiger partial charge in [0.1, 0.15) is 0 Å². The molecule has 18 heavy (non-hydrogen) atoms. The van der Waals surface area contributed by atoms with Gasteiger partial charge >= 0.3 is 0 Å². The Labute approximate surface area is 113 Å². The summed E-state index contributed by atoms with van der Waals surface area (Å²) in [5.74, 6) is -0.0156. The molecule has 100 valence electrons. The van der Waals surface area contributed by atoms with Gasteiger partial charge in [0.05, 0.1) is 6.54 Å². The quantitative estimate of drug-likeness (QED) is 0.705. The standard InChI is InChI=1S/C13H19ClN2O2/c1-18-8-4-7-16-13(17)10-15-9-11-5-2-3-6-12(11)14/h2-3,5-6,15H,4,7-10H2,1H3,(H,16,17). The van der Waals surface area contributed by atoms with Crippen molar-refractivity contribution >= 4 is 17.5 Å². The lowest BCUT2D eigenvalue weighted by Gasteiger charge is -2.07. The Morgan fingerprint density at radius 2 is 2.17 bits per heavy atom. The molecule has 0 aliphatic rings. The summed E-state index contributed by atoms with van der Waals surface area (Å²) in [6.07, 6.45) is 0.826. The van der Waals surface area contributed by atoms with Crippen molar-refractivity contribution in [3.05, 3.63) is 34.9 Å². The zero-order valence-electron chi connectivity index (χ0n) is 10.5. The lowest BCUT2D eigenvalue weighted by Crippen LogP contribution is -2.34.